The number of hydrogen-bond acceptors (Lipinski definition) is 4. The first kappa shape index (κ1) is 15.1. The zero-order valence-electron chi connectivity index (χ0n) is 12.1. The van der Waals surface area contributed by atoms with Crippen LogP contribution in [-0.2, 0) is 9.53 Å². The highest BCUT2D eigenvalue weighted by Gasteiger charge is 2.12. The average Bonchev–Trinajstić information content (AvgIpc) is 2.47. The van der Waals surface area contributed by atoms with Crippen LogP contribution in [0.4, 0.5) is 5.82 Å². The zero-order chi connectivity index (χ0) is 15.2. The van der Waals surface area contributed by atoms with E-state index in [4.69, 9.17) is 4.74 Å². The number of nitrogens with one attached hydrogen (secondary N) is 3. The van der Waals surface area contributed by atoms with Gasteiger partial charge >= 0.3 is 0 Å². The van der Waals surface area contributed by atoms with E-state index in [1.807, 2.05) is 24.3 Å². The standard InChI is InChI=1S/C15H19N3O3/c1-10(14(19)16-7-8-21-2)17-13-9-11-5-3-4-6-12(11)15(20)18-13/h3-6,9-10H,7-8H2,1-2H3,(H,16,19)(H2,17,18,20). The van der Waals surface area contributed by atoms with Gasteiger partial charge in [-0.15, -0.1) is 0 Å². The molecule has 6 nitrogen and oxygen atoms in total. The number of H-pyrrole nitrogens is 1. The number of pyridine rings is 1. The number of ether oxygens (including phenoxy) is 1. The molecule has 0 aliphatic carbocycles. The van der Waals surface area contributed by atoms with Crippen molar-refractivity contribution in [1.29, 1.82) is 0 Å². The average molecular weight is 289 g/mol. The molecule has 1 heterocycles. The fourth-order valence-corrected chi connectivity index (χ4v) is 2.02. The van der Waals surface area contributed by atoms with Gasteiger partial charge < -0.3 is 20.4 Å². The molecule has 0 saturated carbocycles. The van der Waals surface area contributed by atoms with Gasteiger partial charge in [0.2, 0.25) is 5.91 Å². The number of aromatic nitrogens is 1. The molecule has 1 unspecified atom stereocenters. The number of carbonyl (C=O) groups excluding carboxylic acids is 1. The summed E-state index contributed by atoms with van der Waals surface area (Å²) >= 11 is 0. The maximum atomic E-state index is 11.9. The molecule has 112 valence electrons. The van der Waals surface area contributed by atoms with E-state index in [1.165, 1.54) is 0 Å². The number of benzene rings is 1. The number of aromatic amines is 1. The maximum Gasteiger partial charge on any atom is 0.257 e. The minimum atomic E-state index is -0.460. The molecule has 3 N–H and O–H groups in total. The molecule has 0 aliphatic rings. The summed E-state index contributed by atoms with van der Waals surface area (Å²) in [6.07, 6.45) is 0. The van der Waals surface area contributed by atoms with Crippen LogP contribution < -0.4 is 16.2 Å². The third-order valence-corrected chi connectivity index (χ3v) is 3.12. The predicted octanol–water partition coefficient (Wildman–Crippen LogP) is 1.09. The molecular weight excluding hydrogens is 270 g/mol. The van der Waals surface area contributed by atoms with Crippen molar-refractivity contribution in [3.05, 3.63) is 40.7 Å². The molecule has 6 heteroatoms. The maximum absolute atomic E-state index is 11.9. The smallest absolute Gasteiger partial charge is 0.257 e. The molecule has 0 radical (unpaired) electrons. The Balaban J connectivity index is 2.09. The first-order valence-electron chi connectivity index (χ1n) is 6.77. The monoisotopic (exact) mass is 289 g/mol. The summed E-state index contributed by atoms with van der Waals surface area (Å²) in [4.78, 5) is 26.5. The second-order valence-electron chi connectivity index (χ2n) is 4.75. The molecule has 1 atom stereocenters. The molecule has 1 aromatic carbocycles. The van der Waals surface area contributed by atoms with Gasteiger partial charge in [-0.25, -0.2) is 0 Å². The molecule has 0 saturated heterocycles. The summed E-state index contributed by atoms with van der Waals surface area (Å²) < 4.78 is 4.87. The summed E-state index contributed by atoms with van der Waals surface area (Å²) in [6.45, 7) is 2.65. The van der Waals surface area contributed by atoms with E-state index in [0.717, 1.165) is 5.39 Å². The van der Waals surface area contributed by atoms with Crippen molar-refractivity contribution in [2.24, 2.45) is 0 Å². The molecular formula is C15H19N3O3. The van der Waals surface area contributed by atoms with Crippen LogP contribution >= 0.6 is 0 Å². The van der Waals surface area contributed by atoms with Gasteiger partial charge in [-0.2, -0.15) is 0 Å². The van der Waals surface area contributed by atoms with Crippen LogP contribution in [0.5, 0.6) is 0 Å². The van der Waals surface area contributed by atoms with Crippen molar-refractivity contribution in [3.63, 3.8) is 0 Å². The van der Waals surface area contributed by atoms with Gasteiger partial charge in [0.1, 0.15) is 11.9 Å². The first-order chi connectivity index (χ1) is 10.1. The third kappa shape index (κ3) is 3.82. The Kier molecular flexibility index (Phi) is 4.94. The van der Waals surface area contributed by atoms with Crippen LogP contribution in [0.25, 0.3) is 10.8 Å². The van der Waals surface area contributed by atoms with Crippen molar-refractivity contribution in [2.45, 2.75) is 13.0 Å². The number of fused-ring (bicyclic) bond motifs is 1. The quantitative estimate of drug-likeness (QED) is 0.695. The number of amides is 1. The van der Waals surface area contributed by atoms with Crippen LogP contribution in [0.3, 0.4) is 0 Å². The van der Waals surface area contributed by atoms with Gasteiger partial charge in [-0.3, -0.25) is 9.59 Å². The van der Waals surface area contributed by atoms with E-state index in [0.29, 0.717) is 24.4 Å². The lowest BCUT2D eigenvalue weighted by Crippen LogP contribution is -2.39. The Morgan fingerprint density at radius 2 is 2.14 bits per heavy atom. The Morgan fingerprint density at radius 3 is 2.90 bits per heavy atom. The highest BCUT2D eigenvalue weighted by Crippen LogP contribution is 2.13. The van der Waals surface area contributed by atoms with E-state index < -0.39 is 6.04 Å². The van der Waals surface area contributed by atoms with Crippen LogP contribution in [0.1, 0.15) is 6.92 Å². The Hall–Kier alpha value is -2.34. The first-order valence-corrected chi connectivity index (χ1v) is 6.77. The third-order valence-electron chi connectivity index (χ3n) is 3.12. The van der Waals surface area contributed by atoms with Crippen molar-refractivity contribution in [3.8, 4) is 0 Å². The van der Waals surface area contributed by atoms with E-state index in [1.54, 1.807) is 20.1 Å². The van der Waals surface area contributed by atoms with Crippen LogP contribution in [0.15, 0.2) is 35.1 Å². The van der Waals surface area contributed by atoms with Crippen LogP contribution in [0.2, 0.25) is 0 Å². The van der Waals surface area contributed by atoms with E-state index in [-0.39, 0.29) is 11.5 Å². The van der Waals surface area contributed by atoms with Crippen LogP contribution in [0, 0.1) is 0 Å². The van der Waals surface area contributed by atoms with E-state index in [9.17, 15) is 9.59 Å². The summed E-state index contributed by atoms with van der Waals surface area (Å²) in [6, 6.07) is 8.66. The van der Waals surface area contributed by atoms with Gasteiger partial charge in [0, 0.05) is 19.0 Å². The number of anilines is 1. The van der Waals surface area contributed by atoms with Crippen molar-refractivity contribution in [2.75, 3.05) is 25.6 Å². The SMILES string of the molecule is COCCNC(=O)C(C)Nc1cc2ccccc2c(=O)[nH]1. The minimum Gasteiger partial charge on any atom is -0.383 e. The zero-order valence-corrected chi connectivity index (χ0v) is 12.1. The molecule has 0 bridgehead atoms. The highest BCUT2D eigenvalue weighted by molar-refractivity contribution is 5.86. The fraction of sp³-hybridized carbons (Fsp3) is 0.333. The molecule has 1 aromatic heterocycles. The van der Waals surface area contributed by atoms with Gasteiger partial charge in [0.25, 0.3) is 5.56 Å². The van der Waals surface area contributed by atoms with Gasteiger partial charge in [0.05, 0.1) is 6.61 Å². The van der Waals surface area contributed by atoms with Gasteiger partial charge in [-0.05, 0) is 24.4 Å². The molecule has 2 aromatic rings. The van der Waals surface area contributed by atoms with Crippen molar-refractivity contribution in [1.82, 2.24) is 10.3 Å². The fourth-order valence-electron chi connectivity index (χ4n) is 2.02. The second-order valence-corrected chi connectivity index (χ2v) is 4.75. The molecule has 21 heavy (non-hydrogen) atoms. The number of methoxy groups -OCH3 is 1. The molecule has 0 fully saturated rings. The molecule has 1 amide bonds. The normalized spacial score (nSPS) is 12.1. The van der Waals surface area contributed by atoms with Gasteiger partial charge in [0.15, 0.2) is 0 Å². The molecule has 0 aliphatic heterocycles. The number of rotatable bonds is 6. The summed E-state index contributed by atoms with van der Waals surface area (Å²) in [5.41, 5.74) is -0.178. The summed E-state index contributed by atoms with van der Waals surface area (Å²) in [5.74, 6) is 0.370. The summed E-state index contributed by atoms with van der Waals surface area (Å²) in [5, 5.41) is 7.18. The Morgan fingerprint density at radius 1 is 1.38 bits per heavy atom. The summed E-state index contributed by atoms with van der Waals surface area (Å²) in [7, 11) is 1.58. The second kappa shape index (κ2) is 6.90. The lowest BCUT2D eigenvalue weighted by atomic mass is 10.2. The topological polar surface area (TPSA) is 83.2 Å². The highest BCUT2D eigenvalue weighted by atomic mass is 16.5. The minimum absolute atomic E-state index is 0.152. The molecule has 0 spiro atoms. The lowest BCUT2D eigenvalue weighted by Gasteiger charge is -2.15. The van der Waals surface area contributed by atoms with Crippen LogP contribution in [-0.4, -0.2) is 37.2 Å². The largest absolute Gasteiger partial charge is 0.383 e. The van der Waals surface area contributed by atoms with Gasteiger partial charge in [-0.1, -0.05) is 18.2 Å². The van der Waals surface area contributed by atoms with E-state index >= 15 is 0 Å². The van der Waals surface area contributed by atoms with Crippen molar-refractivity contribution < 1.29 is 9.53 Å². The Bertz CT molecular complexity index is 681. The lowest BCUT2D eigenvalue weighted by molar-refractivity contribution is -0.121. The molecule has 2 rings (SSSR count). The number of hydrogen-bond donors (Lipinski definition) is 3. The van der Waals surface area contributed by atoms with E-state index in [2.05, 4.69) is 15.6 Å². The predicted molar refractivity (Wildman–Crippen MR) is 82.5 cm³/mol. The number of carbonyl (C=O) groups is 1. The Labute approximate surface area is 122 Å². The van der Waals surface area contributed by atoms with Crippen molar-refractivity contribution >= 4 is 22.5 Å².